The van der Waals surface area contributed by atoms with Gasteiger partial charge in [0, 0.05) is 16.3 Å². The number of rotatable bonds is 3. The van der Waals surface area contributed by atoms with Crippen molar-refractivity contribution in [2.75, 3.05) is 16.4 Å². The Balaban J connectivity index is 1.74. The Bertz CT molecular complexity index is 994. The number of benzene rings is 2. The van der Waals surface area contributed by atoms with Crippen molar-refractivity contribution in [2.45, 2.75) is 18.6 Å². The van der Waals surface area contributed by atoms with Crippen LogP contribution in [0, 0.1) is 11.6 Å². The molecule has 4 rings (SSSR count). The van der Waals surface area contributed by atoms with E-state index in [2.05, 4.69) is 0 Å². The van der Waals surface area contributed by atoms with E-state index in [1.54, 1.807) is 0 Å². The monoisotopic (exact) mass is 412 g/mol. The predicted molar refractivity (Wildman–Crippen MR) is 97.5 cm³/mol. The number of nitrogens with zero attached hydrogens (tertiary/aromatic N) is 2. The zero-order valence-electron chi connectivity index (χ0n) is 14.0. The van der Waals surface area contributed by atoms with Gasteiger partial charge in [-0.3, -0.25) is 4.90 Å². The van der Waals surface area contributed by atoms with Crippen molar-refractivity contribution >= 4 is 33.2 Å². The molecule has 0 aromatic heterocycles. The van der Waals surface area contributed by atoms with Gasteiger partial charge in [0.15, 0.2) is 9.84 Å². The molecule has 9 heteroatoms. The van der Waals surface area contributed by atoms with Crippen LogP contribution in [0.4, 0.5) is 19.3 Å². The number of fused-ring (bicyclic) bond motifs is 1. The first-order valence-electron chi connectivity index (χ1n) is 8.25. The summed E-state index contributed by atoms with van der Waals surface area (Å²) in [5.41, 5.74) is 0.534. The summed E-state index contributed by atoms with van der Waals surface area (Å²) in [6.07, 6.45) is 0. The van der Waals surface area contributed by atoms with E-state index in [-0.39, 0.29) is 28.6 Å². The van der Waals surface area contributed by atoms with E-state index >= 15 is 0 Å². The van der Waals surface area contributed by atoms with Crippen LogP contribution in [0.1, 0.15) is 5.56 Å². The van der Waals surface area contributed by atoms with Crippen LogP contribution in [0.25, 0.3) is 0 Å². The Hall–Kier alpha value is -2.19. The summed E-state index contributed by atoms with van der Waals surface area (Å²) < 4.78 is 51.8. The van der Waals surface area contributed by atoms with Crippen LogP contribution in [0.5, 0.6) is 0 Å². The van der Waals surface area contributed by atoms with Crippen LogP contribution in [0.15, 0.2) is 42.5 Å². The molecule has 2 amide bonds. The SMILES string of the molecule is O=C1N(Cc2c(F)cccc2Cl)C2CS(=O)(=O)CC2N1c1ccc(F)cc1. The Morgan fingerprint density at radius 1 is 1.04 bits per heavy atom. The maximum Gasteiger partial charge on any atom is 0.325 e. The average molecular weight is 413 g/mol. The van der Waals surface area contributed by atoms with Crippen molar-refractivity contribution in [1.29, 1.82) is 0 Å². The summed E-state index contributed by atoms with van der Waals surface area (Å²) in [5, 5.41) is 0.167. The Morgan fingerprint density at radius 3 is 2.37 bits per heavy atom. The highest BCUT2D eigenvalue weighted by atomic mass is 35.5. The van der Waals surface area contributed by atoms with Gasteiger partial charge in [-0.25, -0.2) is 22.0 Å². The quantitative estimate of drug-likeness (QED) is 0.727. The minimum absolute atomic E-state index is 0.136. The lowest BCUT2D eigenvalue weighted by molar-refractivity contribution is 0.205. The second-order valence-electron chi connectivity index (χ2n) is 6.67. The molecule has 2 unspecified atom stereocenters. The normalized spacial score (nSPS) is 23.7. The standard InChI is InChI=1S/C18H15ClF2N2O3S/c19-14-2-1-3-15(21)13(14)8-22-16-9-27(25,26)10-17(16)23(18(22)24)12-6-4-11(20)5-7-12/h1-7,16-17H,8-10H2. The van der Waals surface area contributed by atoms with Gasteiger partial charge in [0.05, 0.1) is 30.1 Å². The van der Waals surface area contributed by atoms with Gasteiger partial charge in [-0.15, -0.1) is 0 Å². The molecule has 0 spiro atoms. The molecule has 0 N–H and O–H groups in total. The van der Waals surface area contributed by atoms with E-state index in [1.165, 1.54) is 52.3 Å². The van der Waals surface area contributed by atoms with Gasteiger partial charge in [0.2, 0.25) is 0 Å². The summed E-state index contributed by atoms with van der Waals surface area (Å²) in [5.74, 6) is -1.42. The predicted octanol–water partition coefficient (Wildman–Crippen LogP) is 3.23. The van der Waals surface area contributed by atoms with E-state index < -0.39 is 39.6 Å². The Morgan fingerprint density at radius 2 is 1.70 bits per heavy atom. The second-order valence-corrected chi connectivity index (χ2v) is 9.23. The molecule has 2 atom stereocenters. The molecule has 27 heavy (non-hydrogen) atoms. The largest absolute Gasteiger partial charge is 0.325 e. The van der Waals surface area contributed by atoms with Crippen LogP contribution < -0.4 is 4.90 Å². The van der Waals surface area contributed by atoms with Crippen molar-refractivity contribution < 1.29 is 22.0 Å². The number of anilines is 1. The number of hydrogen-bond acceptors (Lipinski definition) is 3. The minimum Gasteiger partial charge on any atom is -0.314 e. The van der Waals surface area contributed by atoms with Gasteiger partial charge in [-0.2, -0.15) is 0 Å². The highest BCUT2D eigenvalue weighted by Crippen LogP contribution is 2.36. The van der Waals surface area contributed by atoms with E-state index in [1.807, 2.05) is 0 Å². The molecule has 2 heterocycles. The van der Waals surface area contributed by atoms with Crippen molar-refractivity contribution in [3.8, 4) is 0 Å². The van der Waals surface area contributed by atoms with Crippen molar-refractivity contribution in [2.24, 2.45) is 0 Å². The molecule has 0 aliphatic carbocycles. The fraction of sp³-hybridized carbons (Fsp3) is 0.278. The van der Waals surface area contributed by atoms with E-state index in [0.29, 0.717) is 5.69 Å². The molecule has 0 saturated carbocycles. The molecule has 2 fully saturated rings. The minimum atomic E-state index is -3.36. The average Bonchev–Trinajstić information content (AvgIpc) is 3.02. The van der Waals surface area contributed by atoms with E-state index in [9.17, 15) is 22.0 Å². The highest BCUT2D eigenvalue weighted by molar-refractivity contribution is 7.91. The maximum atomic E-state index is 14.2. The van der Waals surface area contributed by atoms with E-state index in [4.69, 9.17) is 11.6 Å². The lowest BCUT2D eigenvalue weighted by atomic mass is 10.1. The zero-order chi connectivity index (χ0) is 19.3. The van der Waals surface area contributed by atoms with E-state index in [0.717, 1.165) is 0 Å². The molecule has 0 bridgehead atoms. The third-order valence-corrected chi connectivity index (χ3v) is 7.03. The number of urea groups is 1. The molecule has 0 radical (unpaired) electrons. The molecular formula is C18H15ClF2N2O3S. The maximum absolute atomic E-state index is 14.2. The van der Waals surface area contributed by atoms with Gasteiger partial charge < -0.3 is 4.90 Å². The van der Waals surface area contributed by atoms with Gasteiger partial charge in [0.25, 0.3) is 0 Å². The Kier molecular flexibility index (Phi) is 4.35. The Labute approximate surface area is 160 Å². The number of carbonyl (C=O) groups is 1. The lowest BCUT2D eigenvalue weighted by Gasteiger charge is -2.23. The molecule has 2 aliphatic rings. The number of carbonyl (C=O) groups excluding carboxylic acids is 1. The van der Waals surface area contributed by atoms with Crippen molar-refractivity contribution in [3.63, 3.8) is 0 Å². The van der Waals surface area contributed by atoms with Crippen LogP contribution in [0.2, 0.25) is 5.02 Å². The molecule has 5 nitrogen and oxygen atoms in total. The molecule has 2 aliphatic heterocycles. The van der Waals surface area contributed by atoms with Gasteiger partial charge in [-0.05, 0) is 36.4 Å². The van der Waals surface area contributed by atoms with Gasteiger partial charge in [-0.1, -0.05) is 17.7 Å². The number of hydrogen-bond donors (Lipinski definition) is 0. The third-order valence-electron chi connectivity index (χ3n) is 4.97. The van der Waals surface area contributed by atoms with Crippen molar-refractivity contribution in [3.05, 3.63) is 64.7 Å². The van der Waals surface area contributed by atoms with Gasteiger partial charge in [0.1, 0.15) is 11.6 Å². The van der Waals surface area contributed by atoms with Crippen molar-refractivity contribution in [1.82, 2.24) is 4.90 Å². The fourth-order valence-electron chi connectivity index (χ4n) is 3.72. The highest BCUT2D eigenvalue weighted by Gasteiger charge is 2.54. The summed E-state index contributed by atoms with van der Waals surface area (Å²) in [7, 11) is -3.36. The molecule has 2 aromatic rings. The zero-order valence-corrected chi connectivity index (χ0v) is 15.6. The summed E-state index contributed by atoms with van der Waals surface area (Å²) in [6.45, 7) is -0.140. The van der Waals surface area contributed by atoms with Crippen LogP contribution in [-0.4, -0.2) is 42.9 Å². The number of halogens is 3. The fourth-order valence-corrected chi connectivity index (χ4v) is 5.89. The smallest absolute Gasteiger partial charge is 0.314 e. The van der Waals surface area contributed by atoms with Crippen LogP contribution in [-0.2, 0) is 16.4 Å². The molecular weight excluding hydrogens is 398 g/mol. The summed E-state index contributed by atoms with van der Waals surface area (Å²) in [6, 6.07) is 7.79. The first-order valence-corrected chi connectivity index (χ1v) is 10.5. The molecule has 142 valence electrons. The lowest BCUT2D eigenvalue weighted by Crippen LogP contribution is -2.37. The summed E-state index contributed by atoms with van der Waals surface area (Å²) in [4.78, 5) is 15.7. The third kappa shape index (κ3) is 3.17. The number of sulfone groups is 1. The van der Waals surface area contributed by atoms with Gasteiger partial charge >= 0.3 is 6.03 Å². The number of amides is 2. The molecule has 2 aromatic carbocycles. The first kappa shape index (κ1) is 18.2. The molecule has 2 saturated heterocycles. The summed E-state index contributed by atoms with van der Waals surface area (Å²) >= 11 is 6.07. The van der Waals surface area contributed by atoms with Crippen LogP contribution >= 0.6 is 11.6 Å². The van der Waals surface area contributed by atoms with Crippen LogP contribution in [0.3, 0.4) is 0 Å². The first-order chi connectivity index (χ1) is 12.8. The topological polar surface area (TPSA) is 57.7 Å². The second kappa shape index (κ2) is 6.45.